The van der Waals surface area contributed by atoms with Crippen LogP contribution in [0.4, 0.5) is 0 Å². The molecule has 0 aliphatic rings. The molecule has 5 heteroatoms. The Morgan fingerprint density at radius 3 is 2.54 bits per heavy atom. The molecule has 0 unspecified atom stereocenters. The predicted octanol–water partition coefficient (Wildman–Crippen LogP) is -0.742. The SMILES string of the molecule is C=C(C)C(=O)NNC(=O)C=CCO. The Hall–Kier alpha value is -1.62. The summed E-state index contributed by atoms with van der Waals surface area (Å²) in [7, 11) is 0. The molecular weight excluding hydrogens is 172 g/mol. The monoisotopic (exact) mass is 184 g/mol. The van der Waals surface area contributed by atoms with Crippen LogP contribution < -0.4 is 10.9 Å². The van der Waals surface area contributed by atoms with Crippen LogP contribution in [0.15, 0.2) is 24.3 Å². The van der Waals surface area contributed by atoms with Crippen LogP contribution in [0.5, 0.6) is 0 Å². The van der Waals surface area contributed by atoms with Crippen molar-refractivity contribution in [2.75, 3.05) is 6.61 Å². The third-order valence-corrected chi connectivity index (χ3v) is 1.06. The van der Waals surface area contributed by atoms with E-state index in [0.717, 1.165) is 6.08 Å². The van der Waals surface area contributed by atoms with E-state index in [1.165, 1.54) is 13.0 Å². The van der Waals surface area contributed by atoms with Crippen LogP contribution in [0.3, 0.4) is 0 Å². The first-order valence-electron chi connectivity index (χ1n) is 3.61. The summed E-state index contributed by atoms with van der Waals surface area (Å²) in [6.07, 6.45) is 2.36. The highest BCUT2D eigenvalue weighted by Crippen LogP contribution is 1.82. The first kappa shape index (κ1) is 11.4. The molecule has 0 atom stereocenters. The van der Waals surface area contributed by atoms with Crippen molar-refractivity contribution in [1.82, 2.24) is 10.9 Å². The van der Waals surface area contributed by atoms with Gasteiger partial charge in [0.15, 0.2) is 0 Å². The van der Waals surface area contributed by atoms with E-state index in [0.29, 0.717) is 5.57 Å². The van der Waals surface area contributed by atoms with E-state index < -0.39 is 11.8 Å². The summed E-state index contributed by atoms with van der Waals surface area (Å²) in [6, 6.07) is 0. The molecule has 0 saturated carbocycles. The second kappa shape index (κ2) is 5.96. The zero-order chi connectivity index (χ0) is 10.3. The molecule has 0 aromatic rings. The normalized spacial score (nSPS) is 9.69. The van der Waals surface area contributed by atoms with Crippen molar-refractivity contribution in [2.24, 2.45) is 0 Å². The van der Waals surface area contributed by atoms with Gasteiger partial charge in [0.1, 0.15) is 0 Å². The Bertz CT molecular complexity index is 246. The van der Waals surface area contributed by atoms with Crippen LogP contribution in [0.1, 0.15) is 6.92 Å². The number of aliphatic hydroxyl groups is 1. The number of aliphatic hydroxyl groups excluding tert-OH is 1. The molecule has 0 rings (SSSR count). The fourth-order valence-electron chi connectivity index (χ4n) is 0.426. The molecule has 3 N–H and O–H groups in total. The van der Waals surface area contributed by atoms with Gasteiger partial charge >= 0.3 is 0 Å². The van der Waals surface area contributed by atoms with Crippen molar-refractivity contribution in [1.29, 1.82) is 0 Å². The van der Waals surface area contributed by atoms with E-state index in [9.17, 15) is 9.59 Å². The van der Waals surface area contributed by atoms with Crippen molar-refractivity contribution >= 4 is 11.8 Å². The van der Waals surface area contributed by atoms with Crippen molar-refractivity contribution in [3.05, 3.63) is 24.3 Å². The van der Waals surface area contributed by atoms with E-state index in [4.69, 9.17) is 5.11 Å². The number of carbonyl (C=O) groups excluding carboxylic acids is 2. The zero-order valence-corrected chi connectivity index (χ0v) is 7.33. The zero-order valence-electron chi connectivity index (χ0n) is 7.33. The molecule has 0 saturated heterocycles. The average Bonchev–Trinajstić information content (AvgIpc) is 2.10. The smallest absolute Gasteiger partial charge is 0.264 e. The maximum atomic E-state index is 10.8. The molecule has 0 fully saturated rings. The second-order valence-electron chi connectivity index (χ2n) is 2.31. The molecule has 0 aliphatic carbocycles. The fraction of sp³-hybridized carbons (Fsp3) is 0.250. The van der Waals surface area contributed by atoms with Gasteiger partial charge in [-0.25, -0.2) is 0 Å². The van der Waals surface area contributed by atoms with Crippen LogP contribution in [0, 0.1) is 0 Å². The van der Waals surface area contributed by atoms with Gasteiger partial charge < -0.3 is 5.11 Å². The summed E-state index contributed by atoms with van der Waals surface area (Å²) in [5.74, 6) is -0.964. The average molecular weight is 184 g/mol. The number of hydrazine groups is 1. The van der Waals surface area contributed by atoms with Gasteiger partial charge in [-0.3, -0.25) is 20.4 Å². The quantitative estimate of drug-likeness (QED) is 0.399. The molecule has 0 bridgehead atoms. The van der Waals surface area contributed by atoms with Gasteiger partial charge in [-0.05, 0) is 6.92 Å². The summed E-state index contributed by atoms with van der Waals surface area (Å²) in [4.78, 5) is 21.6. The lowest BCUT2D eigenvalue weighted by atomic mass is 10.3. The van der Waals surface area contributed by atoms with Crippen LogP contribution in [-0.4, -0.2) is 23.5 Å². The molecule has 0 aromatic carbocycles. The number of carbonyl (C=O) groups is 2. The first-order chi connectivity index (χ1) is 6.07. The summed E-state index contributed by atoms with van der Waals surface area (Å²) in [5.41, 5.74) is 4.52. The minimum atomic E-state index is -0.511. The minimum Gasteiger partial charge on any atom is -0.392 e. The minimum absolute atomic E-state index is 0.220. The molecule has 0 aliphatic heterocycles. The van der Waals surface area contributed by atoms with Gasteiger partial charge in [0.25, 0.3) is 11.8 Å². The Kier molecular flexibility index (Phi) is 5.22. The van der Waals surface area contributed by atoms with E-state index in [-0.39, 0.29) is 6.61 Å². The van der Waals surface area contributed by atoms with Crippen LogP contribution in [-0.2, 0) is 9.59 Å². The maximum Gasteiger partial charge on any atom is 0.264 e. The maximum absolute atomic E-state index is 10.8. The Labute approximate surface area is 76.1 Å². The Morgan fingerprint density at radius 1 is 1.46 bits per heavy atom. The Morgan fingerprint density at radius 2 is 2.08 bits per heavy atom. The third-order valence-electron chi connectivity index (χ3n) is 1.06. The highest BCUT2D eigenvalue weighted by molar-refractivity contribution is 5.95. The van der Waals surface area contributed by atoms with Crippen LogP contribution in [0.25, 0.3) is 0 Å². The van der Waals surface area contributed by atoms with Gasteiger partial charge in [-0.15, -0.1) is 0 Å². The molecule has 2 amide bonds. The topological polar surface area (TPSA) is 78.4 Å². The van der Waals surface area contributed by atoms with Gasteiger partial charge in [-0.2, -0.15) is 0 Å². The number of nitrogens with one attached hydrogen (secondary N) is 2. The third kappa shape index (κ3) is 5.63. The first-order valence-corrected chi connectivity index (χ1v) is 3.61. The molecule has 0 spiro atoms. The van der Waals surface area contributed by atoms with Crippen molar-refractivity contribution in [2.45, 2.75) is 6.92 Å². The van der Waals surface area contributed by atoms with Crippen molar-refractivity contribution < 1.29 is 14.7 Å². The molecule has 0 radical (unpaired) electrons. The highest BCUT2D eigenvalue weighted by atomic mass is 16.2. The van der Waals surface area contributed by atoms with E-state index in [1.54, 1.807) is 0 Å². The lowest BCUT2D eigenvalue weighted by Gasteiger charge is -2.03. The summed E-state index contributed by atoms with van der Waals surface area (Å²) in [6.45, 7) is 4.67. The fourth-order valence-corrected chi connectivity index (χ4v) is 0.426. The van der Waals surface area contributed by atoms with Crippen molar-refractivity contribution in [3.8, 4) is 0 Å². The van der Waals surface area contributed by atoms with Gasteiger partial charge in [0, 0.05) is 11.6 Å². The van der Waals surface area contributed by atoms with Crippen molar-refractivity contribution in [3.63, 3.8) is 0 Å². The van der Waals surface area contributed by atoms with E-state index in [1.807, 2.05) is 0 Å². The molecule has 13 heavy (non-hydrogen) atoms. The predicted molar refractivity (Wildman–Crippen MR) is 47.3 cm³/mol. The van der Waals surface area contributed by atoms with Gasteiger partial charge in [0.05, 0.1) is 6.61 Å². The summed E-state index contributed by atoms with van der Waals surface area (Å²) >= 11 is 0. The lowest BCUT2D eigenvalue weighted by Crippen LogP contribution is -2.41. The second-order valence-corrected chi connectivity index (χ2v) is 2.31. The van der Waals surface area contributed by atoms with Gasteiger partial charge in [-0.1, -0.05) is 12.7 Å². The van der Waals surface area contributed by atoms with E-state index in [2.05, 4.69) is 17.4 Å². The molecule has 72 valence electrons. The number of amides is 2. The lowest BCUT2D eigenvalue weighted by molar-refractivity contribution is -0.124. The molecule has 0 heterocycles. The molecule has 5 nitrogen and oxygen atoms in total. The Balaban J connectivity index is 3.77. The summed E-state index contributed by atoms with van der Waals surface area (Å²) < 4.78 is 0. The largest absolute Gasteiger partial charge is 0.392 e. The standard InChI is InChI=1S/C8H12N2O3/c1-6(2)8(13)10-9-7(12)4-3-5-11/h3-4,11H,1,5H2,2H3,(H,9,12)(H,10,13). The number of rotatable bonds is 3. The number of hydrogen-bond acceptors (Lipinski definition) is 3. The number of hydrogen-bond donors (Lipinski definition) is 3. The molecule has 0 aromatic heterocycles. The van der Waals surface area contributed by atoms with Gasteiger partial charge in [0.2, 0.25) is 0 Å². The van der Waals surface area contributed by atoms with Crippen LogP contribution in [0.2, 0.25) is 0 Å². The highest BCUT2D eigenvalue weighted by Gasteiger charge is 2.00. The van der Waals surface area contributed by atoms with Crippen LogP contribution >= 0.6 is 0 Å². The molecular formula is C8H12N2O3. The van der Waals surface area contributed by atoms with E-state index >= 15 is 0 Å². The summed E-state index contributed by atoms with van der Waals surface area (Å²) in [5, 5.41) is 8.31.